The molecule has 5 nitrogen and oxygen atoms in total. The van der Waals surface area contributed by atoms with Crippen LogP contribution in [0.25, 0.3) is 10.9 Å². The highest BCUT2D eigenvalue weighted by molar-refractivity contribution is 6.45. The number of aromatic nitrogens is 1. The molecule has 0 spiro atoms. The first kappa shape index (κ1) is 16.3. The van der Waals surface area contributed by atoms with E-state index < -0.39 is 11.7 Å². The number of benzene rings is 1. The molecule has 1 aromatic heterocycles. The second kappa shape index (κ2) is 5.49. The number of fused-ring (bicyclic) bond motifs is 3. The smallest absolute Gasteiger partial charge is 0.408 e. The van der Waals surface area contributed by atoms with Gasteiger partial charge in [-0.25, -0.2) is 4.79 Å². The van der Waals surface area contributed by atoms with Crippen LogP contribution in [0, 0.1) is 0 Å². The number of carbonyl (C=O) groups is 1. The highest BCUT2D eigenvalue weighted by Gasteiger charge is 2.30. The number of phenols is 1. The van der Waals surface area contributed by atoms with Crippen molar-refractivity contribution in [1.29, 1.82) is 0 Å². The lowest BCUT2D eigenvalue weighted by atomic mass is 10.1. The number of ether oxygens (including phenoxy) is 1. The van der Waals surface area contributed by atoms with E-state index in [4.69, 9.17) is 27.9 Å². The van der Waals surface area contributed by atoms with Crippen molar-refractivity contribution in [1.82, 2.24) is 9.88 Å². The van der Waals surface area contributed by atoms with Crippen molar-refractivity contribution >= 4 is 40.2 Å². The zero-order valence-electron chi connectivity index (χ0n) is 13.1. The zero-order chi connectivity index (χ0) is 16.9. The molecule has 23 heavy (non-hydrogen) atoms. The fourth-order valence-electron chi connectivity index (χ4n) is 2.91. The van der Waals surface area contributed by atoms with Gasteiger partial charge in [0.15, 0.2) is 0 Å². The van der Waals surface area contributed by atoms with Gasteiger partial charge in [0.2, 0.25) is 0 Å². The molecule has 1 amide bonds. The second-order valence-electron chi connectivity index (χ2n) is 6.66. The zero-order valence-corrected chi connectivity index (χ0v) is 14.6. The largest absolute Gasteiger partial charge is 0.507 e. The van der Waals surface area contributed by atoms with Crippen LogP contribution in [0.2, 0.25) is 10.0 Å². The maximum Gasteiger partial charge on any atom is 0.408 e. The van der Waals surface area contributed by atoms with E-state index in [9.17, 15) is 9.90 Å². The van der Waals surface area contributed by atoms with Crippen LogP contribution in [-0.2, 0) is 11.3 Å². The van der Waals surface area contributed by atoms with E-state index in [0.717, 1.165) is 12.1 Å². The lowest BCUT2D eigenvalue weighted by molar-refractivity contribution is 0.0503. The van der Waals surface area contributed by atoms with E-state index in [1.54, 1.807) is 0 Å². The number of carbonyl (C=O) groups excluding carboxylic acids is 1. The van der Waals surface area contributed by atoms with E-state index >= 15 is 0 Å². The minimum absolute atomic E-state index is 0.0762. The topological polar surface area (TPSA) is 63.5 Å². The number of hydrogen-bond donors (Lipinski definition) is 2. The molecule has 0 aliphatic carbocycles. The van der Waals surface area contributed by atoms with Gasteiger partial charge in [0, 0.05) is 23.7 Å². The van der Waals surface area contributed by atoms with Gasteiger partial charge in [-0.15, -0.1) is 0 Å². The standard InChI is InChI=1S/C16H18Cl2N2O3/c1-16(2,3)23-15(22)19-10-4-5-20-11(10)6-8-12(21)7-9(17)13(18)14(8)20/h6-7,10,21H,4-5H2,1-3H3,(H,19,22)/t10-/m0/s1. The Bertz CT molecular complexity index is 793. The molecule has 2 aromatic rings. The lowest BCUT2D eigenvalue weighted by Crippen LogP contribution is -2.34. The predicted octanol–water partition coefficient (Wildman–Crippen LogP) is 4.62. The fourth-order valence-corrected chi connectivity index (χ4v) is 3.36. The molecular formula is C16H18Cl2N2O3. The number of halogens is 2. The first-order valence-electron chi connectivity index (χ1n) is 7.37. The van der Waals surface area contributed by atoms with Gasteiger partial charge in [0.1, 0.15) is 11.4 Å². The number of aromatic hydroxyl groups is 1. The summed E-state index contributed by atoms with van der Waals surface area (Å²) in [5.41, 5.74) is 1.02. The van der Waals surface area contributed by atoms with Crippen molar-refractivity contribution in [3.63, 3.8) is 0 Å². The van der Waals surface area contributed by atoms with Crippen molar-refractivity contribution < 1.29 is 14.6 Å². The van der Waals surface area contributed by atoms with Gasteiger partial charge < -0.3 is 19.7 Å². The maximum absolute atomic E-state index is 12.0. The third-order valence-corrected chi connectivity index (χ3v) is 4.55. The van der Waals surface area contributed by atoms with Crippen molar-refractivity contribution in [2.75, 3.05) is 0 Å². The minimum Gasteiger partial charge on any atom is -0.507 e. The Morgan fingerprint density at radius 3 is 2.74 bits per heavy atom. The number of aryl methyl sites for hydroxylation is 1. The van der Waals surface area contributed by atoms with Crippen LogP contribution in [-0.4, -0.2) is 21.4 Å². The Labute approximate surface area is 144 Å². The Hall–Kier alpha value is -1.59. The van der Waals surface area contributed by atoms with Crippen LogP contribution < -0.4 is 5.32 Å². The third-order valence-electron chi connectivity index (χ3n) is 3.78. The number of nitrogens with one attached hydrogen (secondary N) is 1. The normalized spacial score (nSPS) is 17.3. The van der Waals surface area contributed by atoms with Gasteiger partial charge in [0.05, 0.1) is 21.6 Å². The van der Waals surface area contributed by atoms with E-state index in [1.807, 2.05) is 31.4 Å². The van der Waals surface area contributed by atoms with E-state index in [0.29, 0.717) is 27.5 Å². The number of hydrogen-bond acceptors (Lipinski definition) is 3. The first-order chi connectivity index (χ1) is 10.7. The summed E-state index contributed by atoms with van der Waals surface area (Å²) in [5, 5.41) is 14.3. The molecule has 1 atom stereocenters. The summed E-state index contributed by atoms with van der Waals surface area (Å²) in [4.78, 5) is 12.0. The third kappa shape index (κ3) is 2.95. The maximum atomic E-state index is 12.0. The fraction of sp³-hybridized carbons (Fsp3) is 0.438. The molecule has 0 saturated heterocycles. The molecule has 0 unspecified atom stereocenters. The Morgan fingerprint density at radius 2 is 2.09 bits per heavy atom. The van der Waals surface area contributed by atoms with Crippen LogP contribution in [0.3, 0.4) is 0 Å². The Morgan fingerprint density at radius 1 is 1.39 bits per heavy atom. The number of amides is 1. The highest BCUT2D eigenvalue weighted by Crippen LogP contribution is 2.42. The molecule has 7 heteroatoms. The molecule has 1 aliphatic rings. The predicted molar refractivity (Wildman–Crippen MR) is 90.4 cm³/mol. The van der Waals surface area contributed by atoms with Crippen molar-refractivity contribution in [3.8, 4) is 5.75 Å². The molecule has 124 valence electrons. The molecule has 0 saturated carbocycles. The van der Waals surface area contributed by atoms with Crippen molar-refractivity contribution in [2.24, 2.45) is 0 Å². The SMILES string of the molecule is CC(C)(C)OC(=O)N[C@H]1CCn2c1cc1c(O)cc(Cl)c(Cl)c12. The van der Waals surface area contributed by atoms with Gasteiger partial charge in [-0.05, 0) is 33.3 Å². The number of alkyl carbamates (subject to hydrolysis) is 1. The molecular weight excluding hydrogens is 339 g/mol. The van der Waals surface area contributed by atoms with Gasteiger partial charge in [0.25, 0.3) is 0 Å². The minimum atomic E-state index is -0.551. The number of nitrogens with zero attached hydrogens (tertiary/aromatic N) is 1. The number of phenolic OH excluding ortho intramolecular Hbond substituents is 1. The summed E-state index contributed by atoms with van der Waals surface area (Å²) in [5.74, 6) is 0.0762. The average Bonchev–Trinajstić information content (AvgIpc) is 2.94. The van der Waals surface area contributed by atoms with Crippen LogP contribution in [0.1, 0.15) is 38.9 Å². The van der Waals surface area contributed by atoms with Crippen LogP contribution in [0.15, 0.2) is 12.1 Å². The van der Waals surface area contributed by atoms with Gasteiger partial charge in [-0.1, -0.05) is 23.2 Å². The summed E-state index contributed by atoms with van der Waals surface area (Å²) < 4.78 is 7.28. The molecule has 2 heterocycles. The first-order valence-corrected chi connectivity index (χ1v) is 8.12. The van der Waals surface area contributed by atoms with E-state index in [1.165, 1.54) is 6.07 Å². The van der Waals surface area contributed by atoms with Crippen LogP contribution >= 0.6 is 23.2 Å². The van der Waals surface area contributed by atoms with E-state index in [-0.39, 0.29) is 11.8 Å². The van der Waals surface area contributed by atoms with Crippen LogP contribution in [0.5, 0.6) is 5.75 Å². The summed E-state index contributed by atoms with van der Waals surface area (Å²) >= 11 is 12.3. The van der Waals surface area contributed by atoms with E-state index in [2.05, 4.69) is 5.32 Å². The van der Waals surface area contributed by atoms with Gasteiger partial charge in [-0.2, -0.15) is 0 Å². The molecule has 1 aromatic carbocycles. The molecule has 0 fully saturated rings. The Balaban J connectivity index is 1.95. The monoisotopic (exact) mass is 356 g/mol. The quantitative estimate of drug-likeness (QED) is 0.783. The summed E-state index contributed by atoms with van der Waals surface area (Å²) in [6.45, 7) is 6.13. The molecule has 0 bridgehead atoms. The molecule has 0 radical (unpaired) electrons. The average molecular weight is 357 g/mol. The van der Waals surface area contributed by atoms with Gasteiger partial charge >= 0.3 is 6.09 Å². The van der Waals surface area contributed by atoms with Crippen molar-refractivity contribution in [3.05, 3.63) is 27.9 Å². The number of rotatable bonds is 1. The summed E-state index contributed by atoms with van der Waals surface area (Å²) in [6.07, 6.45) is 0.267. The summed E-state index contributed by atoms with van der Waals surface area (Å²) in [6, 6.07) is 3.08. The highest BCUT2D eigenvalue weighted by atomic mass is 35.5. The molecule has 2 N–H and O–H groups in total. The van der Waals surface area contributed by atoms with Crippen LogP contribution in [0.4, 0.5) is 4.79 Å². The van der Waals surface area contributed by atoms with Crippen molar-refractivity contribution in [2.45, 2.75) is 45.4 Å². The lowest BCUT2D eigenvalue weighted by Gasteiger charge is -2.21. The second-order valence-corrected chi connectivity index (χ2v) is 7.45. The molecule has 1 aliphatic heterocycles. The molecule has 3 rings (SSSR count). The summed E-state index contributed by atoms with van der Waals surface area (Å²) in [7, 11) is 0. The van der Waals surface area contributed by atoms with Gasteiger partial charge in [-0.3, -0.25) is 0 Å². The Kier molecular flexibility index (Phi) is 3.89.